The van der Waals surface area contributed by atoms with Crippen LogP contribution in [0.25, 0.3) is 0 Å². The first-order valence-corrected chi connectivity index (χ1v) is 7.35. The van der Waals surface area contributed by atoms with Crippen LogP contribution >= 0.6 is 0 Å². The van der Waals surface area contributed by atoms with E-state index >= 15 is 0 Å². The molecule has 1 fully saturated rings. The molecule has 1 spiro atoms. The van der Waals surface area contributed by atoms with Crippen LogP contribution in [0.5, 0.6) is 0 Å². The number of benzene rings is 1. The van der Waals surface area contributed by atoms with Crippen LogP contribution in [0, 0.1) is 5.41 Å². The number of hydrogen-bond acceptors (Lipinski definition) is 3. The molecule has 1 heterocycles. The highest BCUT2D eigenvalue weighted by atomic mass is 16.5. The van der Waals surface area contributed by atoms with Crippen LogP contribution in [0.3, 0.4) is 0 Å². The maximum Gasteiger partial charge on any atom is 0.274 e. The van der Waals surface area contributed by atoms with E-state index in [-0.39, 0.29) is 11.3 Å². The third-order valence-corrected chi connectivity index (χ3v) is 4.94. The van der Waals surface area contributed by atoms with Crippen molar-refractivity contribution in [1.82, 2.24) is 10.4 Å². The van der Waals surface area contributed by atoms with Gasteiger partial charge in [-0.3, -0.25) is 14.8 Å². The van der Waals surface area contributed by atoms with E-state index in [1.165, 1.54) is 11.1 Å². The zero-order valence-corrected chi connectivity index (χ0v) is 12.2. The topological polar surface area (TPSA) is 69.6 Å². The van der Waals surface area contributed by atoms with Gasteiger partial charge in [0.1, 0.15) is 0 Å². The second-order valence-corrected chi connectivity index (χ2v) is 6.29. The smallest absolute Gasteiger partial charge is 0.274 e. The molecule has 2 N–H and O–H groups in total. The molecule has 1 aliphatic carbocycles. The molecule has 21 heavy (non-hydrogen) atoms. The Hall–Kier alpha value is -1.88. The van der Waals surface area contributed by atoms with Gasteiger partial charge in [-0.1, -0.05) is 6.07 Å². The van der Waals surface area contributed by atoms with Crippen molar-refractivity contribution in [1.29, 1.82) is 0 Å². The molecule has 0 radical (unpaired) electrons. The summed E-state index contributed by atoms with van der Waals surface area (Å²) in [4.78, 5) is 25.0. The van der Waals surface area contributed by atoms with Crippen molar-refractivity contribution in [2.75, 3.05) is 13.1 Å². The number of carbonyl (C=O) groups excluding carboxylic acids is 2. The summed E-state index contributed by atoms with van der Waals surface area (Å²) in [7, 11) is 0. The SMILES string of the molecule is CC(=O)N1CCC2(CCc3ccc(C(=O)NO)cc3C2)C1. The number of nitrogens with zero attached hydrogens (tertiary/aromatic N) is 1. The van der Waals surface area contributed by atoms with E-state index in [9.17, 15) is 9.59 Å². The number of hydrogen-bond donors (Lipinski definition) is 2. The van der Waals surface area contributed by atoms with Crippen molar-refractivity contribution in [3.05, 3.63) is 34.9 Å². The van der Waals surface area contributed by atoms with E-state index in [4.69, 9.17) is 5.21 Å². The van der Waals surface area contributed by atoms with Gasteiger partial charge in [-0.15, -0.1) is 0 Å². The fourth-order valence-corrected chi connectivity index (χ4v) is 3.68. The molecule has 1 unspecified atom stereocenters. The second-order valence-electron chi connectivity index (χ2n) is 6.29. The molecular weight excluding hydrogens is 268 g/mol. The van der Waals surface area contributed by atoms with Crippen molar-refractivity contribution in [2.24, 2.45) is 5.41 Å². The first kappa shape index (κ1) is 14.1. The Kier molecular flexibility index (Phi) is 3.45. The molecule has 1 aromatic carbocycles. The molecule has 1 atom stereocenters. The van der Waals surface area contributed by atoms with Crippen molar-refractivity contribution in [3.63, 3.8) is 0 Å². The number of aryl methyl sites for hydroxylation is 1. The number of amides is 2. The number of fused-ring (bicyclic) bond motifs is 1. The van der Waals surface area contributed by atoms with Crippen molar-refractivity contribution in [3.8, 4) is 0 Å². The van der Waals surface area contributed by atoms with E-state index in [1.54, 1.807) is 18.5 Å². The Bertz CT molecular complexity index is 599. The molecular formula is C16H20N2O3. The van der Waals surface area contributed by atoms with E-state index in [1.807, 2.05) is 17.0 Å². The lowest BCUT2D eigenvalue weighted by Gasteiger charge is -2.34. The minimum absolute atomic E-state index is 0.145. The van der Waals surface area contributed by atoms with E-state index < -0.39 is 5.91 Å². The summed E-state index contributed by atoms with van der Waals surface area (Å²) in [6.45, 7) is 3.28. The van der Waals surface area contributed by atoms with Crippen LogP contribution in [0.4, 0.5) is 0 Å². The standard InChI is InChI=1S/C16H20N2O3/c1-11(19)18-7-6-16(10-18)5-4-12-2-3-13(15(20)17-21)8-14(12)9-16/h2-3,8,21H,4-7,9-10H2,1H3,(H,17,20). The lowest BCUT2D eigenvalue weighted by atomic mass is 9.71. The Morgan fingerprint density at radius 2 is 2.10 bits per heavy atom. The monoisotopic (exact) mass is 288 g/mol. The molecule has 2 aliphatic rings. The van der Waals surface area contributed by atoms with Gasteiger partial charge < -0.3 is 4.90 Å². The molecule has 1 saturated heterocycles. The van der Waals surface area contributed by atoms with Gasteiger partial charge in [-0.25, -0.2) is 5.48 Å². The van der Waals surface area contributed by atoms with E-state index in [2.05, 4.69) is 0 Å². The molecule has 5 heteroatoms. The Labute approximate surface area is 123 Å². The van der Waals surface area contributed by atoms with Gasteiger partial charge in [0.15, 0.2) is 0 Å². The molecule has 2 amide bonds. The average molecular weight is 288 g/mol. The van der Waals surface area contributed by atoms with Crippen molar-refractivity contribution < 1.29 is 14.8 Å². The van der Waals surface area contributed by atoms with Crippen LogP contribution in [0.15, 0.2) is 18.2 Å². The summed E-state index contributed by atoms with van der Waals surface area (Å²) in [5, 5.41) is 8.75. The van der Waals surface area contributed by atoms with Crippen LogP contribution in [-0.2, 0) is 17.6 Å². The highest BCUT2D eigenvalue weighted by Crippen LogP contribution is 2.42. The van der Waals surface area contributed by atoms with E-state index in [0.29, 0.717) is 5.56 Å². The second kappa shape index (κ2) is 5.15. The maximum absolute atomic E-state index is 11.5. The van der Waals surface area contributed by atoms with Gasteiger partial charge in [0.25, 0.3) is 5.91 Å². The minimum atomic E-state index is -0.478. The third kappa shape index (κ3) is 2.53. The first-order chi connectivity index (χ1) is 10.0. The van der Waals surface area contributed by atoms with Crippen LogP contribution in [-0.4, -0.2) is 35.0 Å². The maximum atomic E-state index is 11.5. The summed E-state index contributed by atoms with van der Waals surface area (Å²) in [5.41, 5.74) is 4.77. The Morgan fingerprint density at radius 3 is 2.76 bits per heavy atom. The third-order valence-electron chi connectivity index (χ3n) is 4.94. The molecule has 5 nitrogen and oxygen atoms in total. The highest BCUT2D eigenvalue weighted by Gasteiger charge is 2.41. The van der Waals surface area contributed by atoms with Gasteiger partial charge in [0, 0.05) is 25.6 Å². The highest BCUT2D eigenvalue weighted by molar-refractivity contribution is 5.93. The summed E-state index contributed by atoms with van der Waals surface area (Å²) in [6.07, 6.45) is 4.01. The summed E-state index contributed by atoms with van der Waals surface area (Å²) >= 11 is 0. The molecule has 1 aliphatic heterocycles. The number of carbonyl (C=O) groups is 2. The summed E-state index contributed by atoms with van der Waals surface area (Å²) < 4.78 is 0. The van der Waals surface area contributed by atoms with Crippen LogP contribution in [0.2, 0.25) is 0 Å². The zero-order valence-electron chi connectivity index (χ0n) is 12.2. The molecule has 0 saturated carbocycles. The number of rotatable bonds is 1. The van der Waals surface area contributed by atoms with E-state index in [0.717, 1.165) is 38.8 Å². The Morgan fingerprint density at radius 1 is 1.29 bits per heavy atom. The lowest BCUT2D eigenvalue weighted by Crippen LogP contribution is -2.34. The van der Waals surface area contributed by atoms with Gasteiger partial charge in [0.05, 0.1) is 0 Å². The normalized spacial score (nSPS) is 24.0. The number of hydroxylamine groups is 1. The van der Waals surface area contributed by atoms with Gasteiger partial charge in [-0.05, 0) is 54.4 Å². The largest absolute Gasteiger partial charge is 0.342 e. The summed E-state index contributed by atoms with van der Waals surface area (Å²) in [6, 6.07) is 5.60. The molecule has 0 bridgehead atoms. The average Bonchev–Trinajstić information content (AvgIpc) is 2.89. The number of likely N-dealkylation sites (tertiary alicyclic amines) is 1. The van der Waals surface area contributed by atoms with Gasteiger partial charge >= 0.3 is 0 Å². The lowest BCUT2D eigenvalue weighted by molar-refractivity contribution is -0.128. The predicted octanol–water partition coefficient (Wildman–Crippen LogP) is 1.53. The zero-order chi connectivity index (χ0) is 15.0. The van der Waals surface area contributed by atoms with Crippen LogP contribution in [0.1, 0.15) is 41.3 Å². The molecule has 1 aromatic rings. The first-order valence-electron chi connectivity index (χ1n) is 7.35. The van der Waals surface area contributed by atoms with Crippen molar-refractivity contribution in [2.45, 2.75) is 32.6 Å². The molecule has 3 rings (SSSR count). The fourth-order valence-electron chi connectivity index (χ4n) is 3.68. The fraction of sp³-hybridized carbons (Fsp3) is 0.500. The van der Waals surface area contributed by atoms with Gasteiger partial charge in [0.2, 0.25) is 5.91 Å². The van der Waals surface area contributed by atoms with Crippen molar-refractivity contribution >= 4 is 11.8 Å². The quantitative estimate of drug-likeness (QED) is 0.608. The predicted molar refractivity (Wildman–Crippen MR) is 77.0 cm³/mol. The molecule has 112 valence electrons. The Balaban J connectivity index is 1.84. The minimum Gasteiger partial charge on any atom is -0.342 e. The summed E-state index contributed by atoms with van der Waals surface area (Å²) in [5.74, 6) is -0.333. The molecule has 0 aromatic heterocycles. The number of nitrogens with one attached hydrogen (secondary N) is 1. The van der Waals surface area contributed by atoms with Crippen LogP contribution < -0.4 is 5.48 Å². The van der Waals surface area contributed by atoms with Gasteiger partial charge in [-0.2, -0.15) is 0 Å².